The Labute approximate surface area is 118 Å². The molecule has 0 saturated heterocycles. The third kappa shape index (κ3) is 2.95. The number of nitrogens with zero attached hydrogens (tertiary/aromatic N) is 4. The van der Waals surface area contributed by atoms with Gasteiger partial charge >= 0.3 is 0 Å². The van der Waals surface area contributed by atoms with E-state index in [1.807, 2.05) is 30.7 Å². The molecule has 20 heavy (non-hydrogen) atoms. The number of nitriles is 1. The smallest absolute Gasteiger partial charge is 0.149 e. The Morgan fingerprint density at radius 2 is 2.30 bits per heavy atom. The predicted octanol–water partition coefficient (Wildman–Crippen LogP) is 1.55. The SMILES string of the molecule is COc1cc(CNC(C)c2nncn2C)ccc1C#N. The number of aryl methyl sites for hydroxylation is 1. The molecule has 2 rings (SSSR count). The normalized spacial score (nSPS) is 11.9. The fourth-order valence-electron chi connectivity index (χ4n) is 1.98. The lowest BCUT2D eigenvalue weighted by molar-refractivity contribution is 0.412. The van der Waals surface area contributed by atoms with Crippen LogP contribution >= 0.6 is 0 Å². The first-order chi connectivity index (χ1) is 9.65. The number of benzene rings is 1. The van der Waals surface area contributed by atoms with Gasteiger partial charge in [-0.05, 0) is 24.6 Å². The van der Waals surface area contributed by atoms with Gasteiger partial charge in [0.15, 0.2) is 0 Å². The van der Waals surface area contributed by atoms with Crippen molar-refractivity contribution in [1.29, 1.82) is 5.26 Å². The van der Waals surface area contributed by atoms with Gasteiger partial charge in [-0.3, -0.25) is 0 Å². The molecule has 0 amide bonds. The second-order valence-electron chi connectivity index (χ2n) is 4.55. The van der Waals surface area contributed by atoms with Crippen LogP contribution in [0.2, 0.25) is 0 Å². The Balaban J connectivity index is 2.04. The van der Waals surface area contributed by atoms with Crippen molar-refractivity contribution in [2.75, 3.05) is 7.11 Å². The lowest BCUT2D eigenvalue weighted by atomic mass is 10.1. The van der Waals surface area contributed by atoms with E-state index in [1.54, 1.807) is 19.5 Å². The zero-order chi connectivity index (χ0) is 14.5. The topological polar surface area (TPSA) is 75.8 Å². The first-order valence-electron chi connectivity index (χ1n) is 6.30. The summed E-state index contributed by atoms with van der Waals surface area (Å²) in [4.78, 5) is 0. The van der Waals surface area contributed by atoms with Crippen LogP contribution in [-0.4, -0.2) is 21.9 Å². The lowest BCUT2D eigenvalue weighted by Gasteiger charge is -2.13. The maximum absolute atomic E-state index is 8.95. The number of hydrogen-bond donors (Lipinski definition) is 1. The molecule has 1 N–H and O–H groups in total. The number of nitrogens with one attached hydrogen (secondary N) is 1. The average molecular weight is 271 g/mol. The first-order valence-corrected chi connectivity index (χ1v) is 6.30. The number of rotatable bonds is 5. The number of aromatic nitrogens is 3. The molecule has 0 aliphatic heterocycles. The summed E-state index contributed by atoms with van der Waals surface area (Å²) in [5.41, 5.74) is 1.59. The molecule has 0 fully saturated rings. The minimum Gasteiger partial charge on any atom is -0.495 e. The van der Waals surface area contributed by atoms with Crippen molar-refractivity contribution in [2.45, 2.75) is 19.5 Å². The van der Waals surface area contributed by atoms with Crippen LogP contribution in [0.4, 0.5) is 0 Å². The summed E-state index contributed by atoms with van der Waals surface area (Å²) in [5, 5.41) is 20.3. The highest BCUT2D eigenvalue weighted by atomic mass is 16.5. The van der Waals surface area contributed by atoms with E-state index in [1.165, 1.54) is 0 Å². The molecule has 0 bridgehead atoms. The van der Waals surface area contributed by atoms with Gasteiger partial charge in [0, 0.05) is 13.6 Å². The number of hydrogen-bond acceptors (Lipinski definition) is 5. The standard InChI is InChI=1S/C14H17N5O/c1-10(14-18-17-9-19(14)2)16-8-11-4-5-12(7-15)13(6-11)20-3/h4-6,9-10,16H,8H2,1-3H3. The van der Waals surface area contributed by atoms with E-state index in [0.717, 1.165) is 11.4 Å². The molecule has 1 heterocycles. The van der Waals surface area contributed by atoms with E-state index in [-0.39, 0.29) is 6.04 Å². The number of methoxy groups -OCH3 is 1. The molecule has 2 aromatic rings. The molecule has 0 radical (unpaired) electrons. The minimum atomic E-state index is 0.0872. The molecule has 1 aromatic heterocycles. The van der Waals surface area contributed by atoms with Gasteiger partial charge in [-0.15, -0.1) is 10.2 Å². The van der Waals surface area contributed by atoms with E-state index in [4.69, 9.17) is 10.00 Å². The van der Waals surface area contributed by atoms with Crippen molar-refractivity contribution in [3.63, 3.8) is 0 Å². The predicted molar refractivity (Wildman–Crippen MR) is 74.0 cm³/mol. The van der Waals surface area contributed by atoms with Gasteiger partial charge in [0.05, 0.1) is 18.7 Å². The summed E-state index contributed by atoms with van der Waals surface area (Å²) in [7, 11) is 3.48. The van der Waals surface area contributed by atoms with Crippen molar-refractivity contribution in [3.8, 4) is 11.8 Å². The molecule has 1 atom stereocenters. The second-order valence-corrected chi connectivity index (χ2v) is 4.55. The summed E-state index contributed by atoms with van der Waals surface area (Å²) in [6, 6.07) is 7.74. The van der Waals surface area contributed by atoms with Gasteiger partial charge in [0.1, 0.15) is 24.0 Å². The van der Waals surface area contributed by atoms with Gasteiger partial charge < -0.3 is 14.6 Å². The number of ether oxygens (including phenoxy) is 1. The van der Waals surface area contributed by atoms with Gasteiger partial charge in [-0.1, -0.05) is 6.07 Å². The summed E-state index contributed by atoms with van der Waals surface area (Å²) in [5.74, 6) is 1.48. The maximum Gasteiger partial charge on any atom is 0.149 e. The molecule has 104 valence electrons. The Bertz CT molecular complexity index is 629. The zero-order valence-electron chi connectivity index (χ0n) is 11.8. The molecule has 6 heteroatoms. The zero-order valence-corrected chi connectivity index (χ0v) is 11.8. The Morgan fingerprint density at radius 3 is 2.90 bits per heavy atom. The van der Waals surface area contributed by atoms with E-state index in [2.05, 4.69) is 21.6 Å². The van der Waals surface area contributed by atoms with Crippen LogP contribution in [0.5, 0.6) is 5.75 Å². The van der Waals surface area contributed by atoms with Crippen molar-refractivity contribution in [1.82, 2.24) is 20.1 Å². The van der Waals surface area contributed by atoms with Crippen LogP contribution in [0, 0.1) is 11.3 Å². The van der Waals surface area contributed by atoms with Crippen LogP contribution in [0.3, 0.4) is 0 Å². The summed E-state index contributed by atoms with van der Waals surface area (Å²) in [6.45, 7) is 2.70. The molecular weight excluding hydrogens is 254 g/mol. The van der Waals surface area contributed by atoms with Gasteiger partial charge in [0.25, 0.3) is 0 Å². The monoisotopic (exact) mass is 271 g/mol. The fourth-order valence-corrected chi connectivity index (χ4v) is 1.98. The van der Waals surface area contributed by atoms with Crippen LogP contribution in [-0.2, 0) is 13.6 Å². The fraction of sp³-hybridized carbons (Fsp3) is 0.357. The largest absolute Gasteiger partial charge is 0.495 e. The highest BCUT2D eigenvalue weighted by Crippen LogP contribution is 2.19. The maximum atomic E-state index is 8.95. The molecule has 1 unspecified atom stereocenters. The van der Waals surface area contributed by atoms with Gasteiger partial charge in [-0.2, -0.15) is 5.26 Å². The minimum absolute atomic E-state index is 0.0872. The van der Waals surface area contributed by atoms with Crippen LogP contribution in [0.1, 0.15) is 29.9 Å². The Hall–Kier alpha value is -2.39. The van der Waals surface area contributed by atoms with Crippen molar-refractivity contribution in [3.05, 3.63) is 41.5 Å². The van der Waals surface area contributed by atoms with Crippen molar-refractivity contribution in [2.24, 2.45) is 7.05 Å². The van der Waals surface area contributed by atoms with Gasteiger partial charge in [0.2, 0.25) is 0 Å². The molecule has 6 nitrogen and oxygen atoms in total. The summed E-state index contributed by atoms with van der Waals surface area (Å²) in [6.07, 6.45) is 1.68. The van der Waals surface area contributed by atoms with E-state index >= 15 is 0 Å². The van der Waals surface area contributed by atoms with Gasteiger partial charge in [-0.25, -0.2) is 0 Å². The van der Waals surface area contributed by atoms with E-state index < -0.39 is 0 Å². The van der Waals surface area contributed by atoms with Crippen LogP contribution < -0.4 is 10.1 Å². The highest BCUT2D eigenvalue weighted by Gasteiger charge is 2.11. The van der Waals surface area contributed by atoms with Crippen molar-refractivity contribution < 1.29 is 4.74 Å². The summed E-state index contributed by atoms with van der Waals surface area (Å²) < 4.78 is 7.08. The molecular formula is C14H17N5O. The van der Waals surface area contributed by atoms with Crippen molar-refractivity contribution >= 4 is 0 Å². The second kappa shape index (κ2) is 6.17. The average Bonchev–Trinajstić information content (AvgIpc) is 2.90. The molecule has 0 aliphatic carbocycles. The van der Waals surface area contributed by atoms with Crippen LogP contribution in [0.15, 0.2) is 24.5 Å². The Kier molecular flexibility index (Phi) is 4.33. The van der Waals surface area contributed by atoms with E-state index in [0.29, 0.717) is 17.9 Å². The lowest BCUT2D eigenvalue weighted by Crippen LogP contribution is -2.21. The third-order valence-electron chi connectivity index (χ3n) is 3.13. The first kappa shape index (κ1) is 14.0. The molecule has 0 spiro atoms. The Morgan fingerprint density at radius 1 is 1.50 bits per heavy atom. The quantitative estimate of drug-likeness (QED) is 0.892. The molecule has 0 aliphatic rings. The van der Waals surface area contributed by atoms with E-state index in [9.17, 15) is 0 Å². The molecule has 1 aromatic carbocycles. The highest BCUT2D eigenvalue weighted by molar-refractivity contribution is 5.45. The van der Waals surface area contributed by atoms with Crippen LogP contribution in [0.25, 0.3) is 0 Å². The molecule has 0 saturated carbocycles. The summed E-state index contributed by atoms with van der Waals surface area (Å²) >= 11 is 0. The third-order valence-corrected chi connectivity index (χ3v) is 3.13.